The molecule has 18 heavy (non-hydrogen) atoms. The monoisotopic (exact) mass is 283 g/mol. The maximum Gasteiger partial charge on any atom is 0.152 e. The third kappa shape index (κ3) is 3.02. The molecule has 2 atom stereocenters. The Morgan fingerprint density at radius 1 is 1.44 bits per heavy atom. The van der Waals surface area contributed by atoms with Crippen LogP contribution >= 0.6 is 23.4 Å². The molecule has 0 fully saturated rings. The summed E-state index contributed by atoms with van der Waals surface area (Å²) in [4.78, 5) is 0. The SMILES string of the molecule is CCC(C)SCC(N)c1cc2cccc(Cl)c2o1. The highest BCUT2D eigenvalue weighted by Gasteiger charge is 2.14. The molecule has 0 aliphatic rings. The van der Waals surface area contributed by atoms with Crippen molar-refractivity contribution in [3.8, 4) is 0 Å². The minimum atomic E-state index is -0.0764. The summed E-state index contributed by atoms with van der Waals surface area (Å²) in [5, 5.41) is 2.28. The molecule has 98 valence electrons. The first-order chi connectivity index (χ1) is 8.61. The molecule has 0 aliphatic heterocycles. The number of benzene rings is 1. The van der Waals surface area contributed by atoms with Crippen molar-refractivity contribution < 1.29 is 4.42 Å². The molecular formula is C14H18ClNOS. The summed E-state index contributed by atoms with van der Waals surface area (Å²) in [6, 6.07) is 7.65. The van der Waals surface area contributed by atoms with E-state index in [0.29, 0.717) is 10.3 Å². The van der Waals surface area contributed by atoms with Gasteiger partial charge in [0.1, 0.15) is 5.76 Å². The van der Waals surface area contributed by atoms with Crippen LogP contribution in [0.5, 0.6) is 0 Å². The van der Waals surface area contributed by atoms with Crippen LogP contribution in [-0.2, 0) is 0 Å². The predicted molar refractivity (Wildman–Crippen MR) is 80.4 cm³/mol. The van der Waals surface area contributed by atoms with Gasteiger partial charge in [0.25, 0.3) is 0 Å². The third-order valence-electron chi connectivity index (χ3n) is 3.02. The van der Waals surface area contributed by atoms with E-state index in [2.05, 4.69) is 13.8 Å². The second-order valence-electron chi connectivity index (χ2n) is 4.47. The van der Waals surface area contributed by atoms with Gasteiger partial charge in [0.15, 0.2) is 5.58 Å². The molecule has 1 aromatic carbocycles. The minimum absolute atomic E-state index is 0.0764. The smallest absolute Gasteiger partial charge is 0.152 e. The Hall–Kier alpha value is -0.640. The van der Waals surface area contributed by atoms with Gasteiger partial charge in [-0.1, -0.05) is 37.6 Å². The summed E-state index contributed by atoms with van der Waals surface area (Å²) >= 11 is 7.96. The number of hydrogen-bond donors (Lipinski definition) is 1. The van der Waals surface area contributed by atoms with E-state index in [4.69, 9.17) is 21.8 Å². The first-order valence-corrected chi connectivity index (χ1v) is 7.59. The van der Waals surface area contributed by atoms with Crippen molar-refractivity contribution in [3.05, 3.63) is 35.0 Å². The quantitative estimate of drug-likeness (QED) is 0.870. The highest BCUT2D eigenvalue weighted by Crippen LogP contribution is 2.30. The zero-order valence-corrected chi connectivity index (χ0v) is 12.2. The fourth-order valence-corrected chi connectivity index (χ4v) is 2.85. The Labute approximate surface area is 117 Å². The maximum atomic E-state index is 6.15. The van der Waals surface area contributed by atoms with E-state index >= 15 is 0 Å². The van der Waals surface area contributed by atoms with Crippen LogP contribution in [0.2, 0.25) is 5.02 Å². The Kier molecular flexibility index (Phi) is 4.60. The van der Waals surface area contributed by atoms with Crippen molar-refractivity contribution >= 4 is 34.3 Å². The second-order valence-corrected chi connectivity index (χ2v) is 6.34. The predicted octanol–water partition coefficient (Wildman–Crippen LogP) is 4.62. The van der Waals surface area contributed by atoms with Crippen molar-refractivity contribution in [3.63, 3.8) is 0 Å². The fraction of sp³-hybridized carbons (Fsp3) is 0.429. The first-order valence-electron chi connectivity index (χ1n) is 6.17. The van der Waals surface area contributed by atoms with Gasteiger partial charge in [-0.25, -0.2) is 0 Å². The van der Waals surface area contributed by atoms with Gasteiger partial charge in [0.2, 0.25) is 0 Å². The molecule has 2 N–H and O–H groups in total. The Morgan fingerprint density at radius 2 is 2.22 bits per heavy atom. The van der Waals surface area contributed by atoms with Crippen molar-refractivity contribution in [1.82, 2.24) is 0 Å². The van der Waals surface area contributed by atoms with E-state index in [1.165, 1.54) is 0 Å². The highest BCUT2D eigenvalue weighted by atomic mass is 35.5. The lowest BCUT2D eigenvalue weighted by molar-refractivity contribution is 0.516. The van der Waals surface area contributed by atoms with Crippen LogP contribution < -0.4 is 5.73 Å². The van der Waals surface area contributed by atoms with Crippen molar-refractivity contribution in [2.75, 3.05) is 5.75 Å². The van der Waals surface area contributed by atoms with Crippen molar-refractivity contribution in [2.45, 2.75) is 31.6 Å². The van der Waals surface area contributed by atoms with Gasteiger partial charge in [0.05, 0.1) is 11.1 Å². The van der Waals surface area contributed by atoms with E-state index < -0.39 is 0 Å². The molecule has 0 saturated heterocycles. The molecule has 2 unspecified atom stereocenters. The lowest BCUT2D eigenvalue weighted by Gasteiger charge is -2.12. The molecule has 2 rings (SSSR count). The molecule has 2 aromatic rings. The molecule has 4 heteroatoms. The van der Waals surface area contributed by atoms with Gasteiger partial charge in [-0.2, -0.15) is 11.8 Å². The van der Waals surface area contributed by atoms with Crippen LogP contribution in [0.1, 0.15) is 32.1 Å². The van der Waals surface area contributed by atoms with E-state index in [0.717, 1.165) is 28.9 Å². The van der Waals surface area contributed by atoms with Crippen LogP contribution in [0.3, 0.4) is 0 Å². The van der Waals surface area contributed by atoms with Gasteiger partial charge in [-0.3, -0.25) is 0 Å². The summed E-state index contributed by atoms with van der Waals surface area (Å²) in [6.45, 7) is 4.40. The Morgan fingerprint density at radius 3 is 2.89 bits per heavy atom. The Bertz CT molecular complexity index is 525. The van der Waals surface area contributed by atoms with Crippen LogP contribution in [0, 0.1) is 0 Å². The van der Waals surface area contributed by atoms with Gasteiger partial charge in [0, 0.05) is 16.4 Å². The summed E-state index contributed by atoms with van der Waals surface area (Å²) in [7, 11) is 0. The van der Waals surface area contributed by atoms with Crippen LogP contribution in [0.15, 0.2) is 28.7 Å². The van der Waals surface area contributed by atoms with E-state index in [1.807, 2.05) is 36.0 Å². The molecule has 0 bridgehead atoms. The number of furan rings is 1. The van der Waals surface area contributed by atoms with Crippen molar-refractivity contribution in [1.29, 1.82) is 0 Å². The standard InChI is InChI=1S/C14H18ClNOS/c1-3-9(2)18-8-12(16)13-7-10-5-4-6-11(15)14(10)17-13/h4-7,9,12H,3,8,16H2,1-2H3. The van der Waals surface area contributed by atoms with Crippen LogP contribution in [0.25, 0.3) is 11.0 Å². The molecule has 0 aliphatic carbocycles. The molecule has 0 radical (unpaired) electrons. The van der Waals surface area contributed by atoms with Crippen LogP contribution in [-0.4, -0.2) is 11.0 Å². The number of thioether (sulfide) groups is 1. The van der Waals surface area contributed by atoms with Gasteiger partial charge >= 0.3 is 0 Å². The minimum Gasteiger partial charge on any atom is -0.458 e. The first kappa shape index (κ1) is 13.8. The zero-order valence-electron chi connectivity index (χ0n) is 10.7. The van der Waals surface area contributed by atoms with Gasteiger partial charge in [-0.15, -0.1) is 0 Å². The number of para-hydroxylation sites is 1. The third-order valence-corrected chi connectivity index (χ3v) is 4.77. The largest absolute Gasteiger partial charge is 0.458 e. The topological polar surface area (TPSA) is 39.2 Å². The van der Waals surface area contributed by atoms with E-state index in [1.54, 1.807) is 0 Å². The average molecular weight is 284 g/mol. The summed E-state index contributed by atoms with van der Waals surface area (Å²) in [6.07, 6.45) is 1.16. The molecule has 0 saturated carbocycles. The lowest BCUT2D eigenvalue weighted by Crippen LogP contribution is -2.13. The number of hydrogen-bond acceptors (Lipinski definition) is 3. The fourth-order valence-electron chi connectivity index (χ4n) is 1.70. The maximum absolute atomic E-state index is 6.15. The van der Waals surface area contributed by atoms with Gasteiger partial charge in [-0.05, 0) is 18.6 Å². The second kappa shape index (κ2) is 6.00. The van der Waals surface area contributed by atoms with E-state index in [-0.39, 0.29) is 6.04 Å². The van der Waals surface area contributed by atoms with Crippen LogP contribution in [0.4, 0.5) is 0 Å². The van der Waals surface area contributed by atoms with Crippen molar-refractivity contribution in [2.24, 2.45) is 5.73 Å². The van der Waals surface area contributed by atoms with E-state index in [9.17, 15) is 0 Å². The average Bonchev–Trinajstić information content (AvgIpc) is 2.81. The lowest BCUT2D eigenvalue weighted by atomic mass is 10.2. The molecular weight excluding hydrogens is 266 g/mol. The highest BCUT2D eigenvalue weighted by molar-refractivity contribution is 7.99. The Balaban J connectivity index is 2.13. The molecule has 0 amide bonds. The zero-order chi connectivity index (χ0) is 13.1. The number of rotatable bonds is 5. The normalized spacial score (nSPS) is 14.9. The molecule has 1 heterocycles. The summed E-state index contributed by atoms with van der Waals surface area (Å²) in [5.74, 6) is 1.68. The molecule has 0 spiro atoms. The number of nitrogens with two attached hydrogens (primary N) is 1. The molecule has 1 aromatic heterocycles. The number of halogens is 1. The summed E-state index contributed by atoms with van der Waals surface area (Å²) < 4.78 is 5.76. The van der Waals surface area contributed by atoms with Gasteiger partial charge < -0.3 is 10.2 Å². The number of fused-ring (bicyclic) bond motifs is 1. The molecule has 2 nitrogen and oxygen atoms in total. The summed E-state index contributed by atoms with van der Waals surface area (Å²) in [5.41, 5.74) is 6.89.